The molecule has 2 heteroatoms. The number of hydrogen-bond donors (Lipinski definition) is 0. The molecule has 0 bridgehead atoms. The highest BCUT2D eigenvalue weighted by molar-refractivity contribution is 5.75. The predicted molar refractivity (Wildman–Crippen MR) is 77.7 cm³/mol. The molecule has 0 saturated carbocycles. The standard InChI is InChI=1S/C16H31NO/c1-8-15(5)11-14(10-12(3)18)13(4)16(6,9-2)17(15)7/h13-14H,8-11H2,1-7H3. The van der Waals surface area contributed by atoms with Gasteiger partial charge in [0.15, 0.2) is 0 Å². The number of ketones is 1. The van der Waals surface area contributed by atoms with Crippen molar-refractivity contribution in [2.24, 2.45) is 11.8 Å². The van der Waals surface area contributed by atoms with Crippen molar-refractivity contribution in [3.8, 4) is 0 Å². The van der Waals surface area contributed by atoms with Crippen LogP contribution in [0.15, 0.2) is 0 Å². The van der Waals surface area contributed by atoms with Crippen LogP contribution in [-0.2, 0) is 4.79 Å². The normalized spacial score (nSPS) is 41.9. The summed E-state index contributed by atoms with van der Waals surface area (Å²) < 4.78 is 0. The smallest absolute Gasteiger partial charge is 0.130 e. The van der Waals surface area contributed by atoms with E-state index < -0.39 is 0 Å². The van der Waals surface area contributed by atoms with Crippen LogP contribution in [0.4, 0.5) is 0 Å². The molecule has 106 valence electrons. The fourth-order valence-electron chi connectivity index (χ4n) is 3.87. The molecule has 4 atom stereocenters. The van der Waals surface area contributed by atoms with Crippen LogP contribution in [0.2, 0.25) is 0 Å². The summed E-state index contributed by atoms with van der Waals surface area (Å²) in [7, 11) is 2.27. The van der Waals surface area contributed by atoms with Gasteiger partial charge in [-0.25, -0.2) is 0 Å². The highest BCUT2D eigenvalue weighted by Gasteiger charge is 2.50. The molecular weight excluding hydrogens is 222 g/mol. The van der Waals surface area contributed by atoms with Crippen LogP contribution < -0.4 is 0 Å². The van der Waals surface area contributed by atoms with E-state index in [-0.39, 0.29) is 11.1 Å². The first-order valence-corrected chi connectivity index (χ1v) is 7.44. The van der Waals surface area contributed by atoms with Crippen LogP contribution in [0.1, 0.15) is 67.2 Å². The Morgan fingerprint density at radius 1 is 1.28 bits per heavy atom. The molecule has 0 aliphatic carbocycles. The first kappa shape index (κ1) is 15.7. The molecule has 0 spiro atoms. The molecule has 1 heterocycles. The molecule has 0 aromatic heterocycles. The van der Waals surface area contributed by atoms with Crippen LogP contribution >= 0.6 is 0 Å². The third-order valence-corrected chi connectivity index (χ3v) is 5.99. The summed E-state index contributed by atoms with van der Waals surface area (Å²) in [6, 6.07) is 0. The van der Waals surface area contributed by atoms with Crippen molar-refractivity contribution in [3.63, 3.8) is 0 Å². The molecule has 18 heavy (non-hydrogen) atoms. The second-order valence-electron chi connectivity index (χ2n) is 6.78. The van der Waals surface area contributed by atoms with E-state index in [0.29, 0.717) is 17.6 Å². The summed E-state index contributed by atoms with van der Waals surface area (Å²) in [5.41, 5.74) is 0.445. The Kier molecular flexibility index (Phi) is 4.64. The van der Waals surface area contributed by atoms with Crippen molar-refractivity contribution in [1.82, 2.24) is 4.90 Å². The van der Waals surface area contributed by atoms with Gasteiger partial charge in [0.2, 0.25) is 0 Å². The maximum absolute atomic E-state index is 11.5. The number of carbonyl (C=O) groups excluding carboxylic acids is 1. The Morgan fingerprint density at radius 2 is 1.83 bits per heavy atom. The van der Waals surface area contributed by atoms with Gasteiger partial charge in [0.25, 0.3) is 0 Å². The van der Waals surface area contributed by atoms with Crippen molar-refractivity contribution in [2.45, 2.75) is 78.3 Å². The number of Topliss-reactive ketones (excluding diaryl/α,β-unsaturated/α-hetero) is 1. The van der Waals surface area contributed by atoms with E-state index in [1.54, 1.807) is 6.92 Å². The molecule has 0 aromatic rings. The molecule has 0 aromatic carbocycles. The molecular formula is C16H31NO. The Labute approximate surface area is 113 Å². The van der Waals surface area contributed by atoms with Gasteiger partial charge in [-0.15, -0.1) is 0 Å². The van der Waals surface area contributed by atoms with Gasteiger partial charge in [0.05, 0.1) is 0 Å². The predicted octanol–water partition coefficient (Wildman–Crippen LogP) is 3.89. The van der Waals surface area contributed by atoms with Crippen molar-refractivity contribution < 1.29 is 4.79 Å². The van der Waals surface area contributed by atoms with Gasteiger partial charge in [-0.2, -0.15) is 0 Å². The second kappa shape index (κ2) is 5.32. The van der Waals surface area contributed by atoms with Crippen LogP contribution in [0, 0.1) is 11.8 Å². The summed E-state index contributed by atoms with van der Waals surface area (Å²) in [5, 5.41) is 0. The van der Waals surface area contributed by atoms with Crippen LogP contribution in [0.25, 0.3) is 0 Å². The summed E-state index contributed by atoms with van der Waals surface area (Å²) in [4.78, 5) is 14.1. The lowest BCUT2D eigenvalue weighted by atomic mass is 9.63. The van der Waals surface area contributed by atoms with Gasteiger partial charge >= 0.3 is 0 Å². The zero-order valence-corrected chi connectivity index (χ0v) is 13.3. The molecule has 1 aliphatic rings. The lowest BCUT2D eigenvalue weighted by Gasteiger charge is -2.59. The molecule has 0 amide bonds. The van der Waals surface area contributed by atoms with E-state index in [9.17, 15) is 4.79 Å². The summed E-state index contributed by atoms with van der Waals surface area (Å²) >= 11 is 0. The number of nitrogens with zero attached hydrogens (tertiary/aromatic N) is 1. The monoisotopic (exact) mass is 253 g/mol. The van der Waals surface area contributed by atoms with Crippen molar-refractivity contribution in [1.29, 1.82) is 0 Å². The van der Waals surface area contributed by atoms with Crippen LogP contribution in [-0.4, -0.2) is 28.8 Å². The first-order valence-electron chi connectivity index (χ1n) is 7.44. The van der Waals surface area contributed by atoms with Crippen molar-refractivity contribution in [3.05, 3.63) is 0 Å². The fraction of sp³-hybridized carbons (Fsp3) is 0.938. The van der Waals surface area contributed by atoms with E-state index in [2.05, 4.69) is 46.6 Å². The zero-order chi connectivity index (χ0) is 14.1. The Bertz CT molecular complexity index is 314. The van der Waals surface area contributed by atoms with E-state index in [4.69, 9.17) is 0 Å². The summed E-state index contributed by atoms with van der Waals surface area (Å²) in [6.07, 6.45) is 4.20. The highest BCUT2D eigenvalue weighted by atomic mass is 16.1. The van der Waals surface area contributed by atoms with E-state index >= 15 is 0 Å². The van der Waals surface area contributed by atoms with E-state index in [0.717, 1.165) is 25.7 Å². The van der Waals surface area contributed by atoms with Crippen molar-refractivity contribution in [2.75, 3.05) is 7.05 Å². The van der Waals surface area contributed by atoms with Gasteiger partial charge in [-0.3, -0.25) is 4.90 Å². The number of hydrogen-bond acceptors (Lipinski definition) is 2. The number of carbonyl (C=O) groups is 1. The first-order chi connectivity index (χ1) is 8.21. The Morgan fingerprint density at radius 3 is 2.22 bits per heavy atom. The number of likely N-dealkylation sites (tertiary alicyclic amines) is 1. The average Bonchev–Trinajstić information content (AvgIpc) is 2.33. The molecule has 4 unspecified atom stereocenters. The lowest BCUT2D eigenvalue weighted by molar-refractivity contribution is -0.124. The molecule has 2 nitrogen and oxygen atoms in total. The molecule has 0 N–H and O–H groups in total. The van der Waals surface area contributed by atoms with E-state index in [1.165, 1.54) is 0 Å². The minimum Gasteiger partial charge on any atom is -0.300 e. The summed E-state index contributed by atoms with van der Waals surface area (Å²) in [6.45, 7) is 13.4. The topological polar surface area (TPSA) is 20.3 Å². The molecule has 1 rings (SSSR count). The quantitative estimate of drug-likeness (QED) is 0.757. The largest absolute Gasteiger partial charge is 0.300 e. The van der Waals surface area contributed by atoms with Gasteiger partial charge < -0.3 is 4.79 Å². The molecule has 1 saturated heterocycles. The molecule has 1 fully saturated rings. The second-order valence-corrected chi connectivity index (χ2v) is 6.78. The SMILES string of the molecule is CCC1(C)CC(CC(C)=O)C(C)C(C)(CC)N1C. The fourth-order valence-corrected chi connectivity index (χ4v) is 3.87. The van der Waals surface area contributed by atoms with Gasteiger partial charge in [-0.05, 0) is 58.9 Å². The third-order valence-electron chi connectivity index (χ3n) is 5.99. The van der Waals surface area contributed by atoms with Gasteiger partial charge in [0, 0.05) is 17.5 Å². The van der Waals surface area contributed by atoms with E-state index in [1.807, 2.05) is 0 Å². The maximum atomic E-state index is 11.5. The zero-order valence-electron chi connectivity index (χ0n) is 13.3. The van der Waals surface area contributed by atoms with Crippen LogP contribution in [0.3, 0.4) is 0 Å². The molecule has 1 aliphatic heterocycles. The third kappa shape index (κ3) is 2.49. The van der Waals surface area contributed by atoms with Crippen LogP contribution in [0.5, 0.6) is 0 Å². The lowest BCUT2D eigenvalue weighted by Crippen LogP contribution is -2.64. The minimum atomic E-state index is 0.211. The number of rotatable bonds is 4. The highest BCUT2D eigenvalue weighted by Crippen LogP contribution is 2.48. The maximum Gasteiger partial charge on any atom is 0.130 e. The Balaban J connectivity index is 3.09. The summed E-state index contributed by atoms with van der Waals surface area (Å²) in [5.74, 6) is 1.46. The van der Waals surface area contributed by atoms with Gasteiger partial charge in [-0.1, -0.05) is 20.8 Å². The molecule has 0 radical (unpaired) electrons. The van der Waals surface area contributed by atoms with Crippen molar-refractivity contribution >= 4 is 5.78 Å². The average molecular weight is 253 g/mol. The van der Waals surface area contributed by atoms with Gasteiger partial charge in [0.1, 0.15) is 5.78 Å². The number of piperidine rings is 1. The Hall–Kier alpha value is -0.370. The minimum absolute atomic E-state index is 0.211.